The van der Waals surface area contributed by atoms with Gasteiger partial charge in [-0.15, -0.1) is 0 Å². The standard InChI is InChI=1S/C8H4BrClN2O4S/c9-3-5-1-7(12(13)14)6(4-11)8(2-5)17(10,15)16/h1-2H,3H2. The first-order valence-corrected chi connectivity index (χ1v) is 7.46. The van der Waals surface area contributed by atoms with Crippen molar-refractivity contribution in [3.63, 3.8) is 0 Å². The summed E-state index contributed by atoms with van der Waals surface area (Å²) in [6.07, 6.45) is 0. The highest BCUT2D eigenvalue weighted by Crippen LogP contribution is 2.30. The molecule has 6 nitrogen and oxygen atoms in total. The molecule has 0 N–H and O–H groups in total. The molecule has 0 aliphatic rings. The van der Waals surface area contributed by atoms with E-state index in [0.717, 1.165) is 12.1 Å². The van der Waals surface area contributed by atoms with Crippen molar-refractivity contribution in [3.05, 3.63) is 33.4 Å². The third-order valence-electron chi connectivity index (χ3n) is 1.87. The van der Waals surface area contributed by atoms with Gasteiger partial charge in [0.1, 0.15) is 16.5 Å². The Morgan fingerprint density at radius 1 is 1.53 bits per heavy atom. The molecular formula is C8H4BrClN2O4S. The summed E-state index contributed by atoms with van der Waals surface area (Å²) in [5.74, 6) is 0. The van der Waals surface area contributed by atoms with E-state index in [-0.39, 0.29) is 5.33 Å². The molecule has 17 heavy (non-hydrogen) atoms. The lowest BCUT2D eigenvalue weighted by molar-refractivity contribution is -0.385. The molecule has 0 atom stereocenters. The number of alkyl halides is 1. The monoisotopic (exact) mass is 338 g/mol. The predicted molar refractivity (Wildman–Crippen MR) is 63.5 cm³/mol. The van der Waals surface area contributed by atoms with Crippen molar-refractivity contribution in [1.29, 1.82) is 5.26 Å². The molecule has 0 heterocycles. The Bertz CT molecular complexity index is 623. The zero-order valence-electron chi connectivity index (χ0n) is 8.05. The highest BCUT2D eigenvalue weighted by Gasteiger charge is 2.25. The van der Waals surface area contributed by atoms with Gasteiger partial charge in [-0.25, -0.2) is 8.42 Å². The Kier molecular flexibility index (Phi) is 4.08. The van der Waals surface area contributed by atoms with Gasteiger partial charge in [-0.3, -0.25) is 10.1 Å². The molecule has 0 spiro atoms. The Hall–Kier alpha value is -1.17. The van der Waals surface area contributed by atoms with Crippen LogP contribution in [0.25, 0.3) is 0 Å². The van der Waals surface area contributed by atoms with Crippen molar-refractivity contribution in [2.75, 3.05) is 0 Å². The minimum Gasteiger partial charge on any atom is -0.258 e. The lowest BCUT2D eigenvalue weighted by atomic mass is 10.1. The number of nitrogens with zero attached hydrogens (tertiary/aromatic N) is 2. The second-order valence-electron chi connectivity index (χ2n) is 2.93. The number of hydrogen-bond acceptors (Lipinski definition) is 5. The van der Waals surface area contributed by atoms with Gasteiger partial charge in [0, 0.05) is 22.1 Å². The summed E-state index contributed by atoms with van der Waals surface area (Å²) in [4.78, 5) is 9.36. The van der Waals surface area contributed by atoms with Crippen molar-refractivity contribution in [1.82, 2.24) is 0 Å². The van der Waals surface area contributed by atoms with Crippen molar-refractivity contribution >= 4 is 41.4 Å². The van der Waals surface area contributed by atoms with Crippen LogP contribution in [-0.2, 0) is 14.4 Å². The zero-order valence-corrected chi connectivity index (χ0v) is 11.2. The van der Waals surface area contributed by atoms with Crippen LogP contribution in [0.3, 0.4) is 0 Å². The number of hydrogen-bond donors (Lipinski definition) is 0. The van der Waals surface area contributed by atoms with E-state index in [2.05, 4.69) is 15.9 Å². The molecule has 0 aliphatic carbocycles. The highest BCUT2D eigenvalue weighted by molar-refractivity contribution is 9.08. The van der Waals surface area contributed by atoms with Gasteiger partial charge < -0.3 is 0 Å². The third kappa shape index (κ3) is 2.94. The summed E-state index contributed by atoms with van der Waals surface area (Å²) in [5, 5.41) is 19.7. The van der Waals surface area contributed by atoms with Gasteiger partial charge >= 0.3 is 0 Å². The van der Waals surface area contributed by atoms with Crippen LogP contribution in [0.1, 0.15) is 11.1 Å². The molecule has 9 heteroatoms. The summed E-state index contributed by atoms with van der Waals surface area (Å²) in [6.45, 7) is 0. The average molecular weight is 340 g/mol. The van der Waals surface area contributed by atoms with Crippen molar-refractivity contribution in [3.8, 4) is 6.07 Å². The van der Waals surface area contributed by atoms with Gasteiger partial charge in [-0.05, 0) is 11.6 Å². The van der Waals surface area contributed by atoms with E-state index < -0.39 is 30.1 Å². The molecule has 1 rings (SSSR count). The Labute approximate surface area is 110 Å². The Morgan fingerprint density at radius 3 is 2.47 bits per heavy atom. The maximum absolute atomic E-state index is 11.2. The fourth-order valence-electron chi connectivity index (χ4n) is 1.18. The summed E-state index contributed by atoms with van der Waals surface area (Å²) in [7, 11) is 0.922. The van der Waals surface area contributed by atoms with Crippen molar-refractivity contribution < 1.29 is 13.3 Å². The van der Waals surface area contributed by atoms with Gasteiger partial charge in [-0.1, -0.05) is 15.9 Å². The first-order valence-electron chi connectivity index (χ1n) is 4.03. The van der Waals surface area contributed by atoms with Crippen LogP contribution in [0.5, 0.6) is 0 Å². The maximum atomic E-state index is 11.2. The Balaban J connectivity index is 3.77. The van der Waals surface area contributed by atoms with E-state index in [9.17, 15) is 18.5 Å². The summed E-state index contributed by atoms with van der Waals surface area (Å²) < 4.78 is 22.5. The fourth-order valence-corrected chi connectivity index (χ4v) is 2.56. The quantitative estimate of drug-likeness (QED) is 0.364. The number of nitro groups is 1. The zero-order chi connectivity index (χ0) is 13.2. The molecule has 0 bridgehead atoms. The van der Waals surface area contributed by atoms with E-state index in [1.165, 1.54) is 6.07 Å². The van der Waals surface area contributed by atoms with E-state index in [1.807, 2.05) is 0 Å². The van der Waals surface area contributed by atoms with Crippen LogP contribution in [0.4, 0.5) is 5.69 Å². The minimum atomic E-state index is -4.21. The molecule has 1 aromatic carbocycles. The Morgan fingerprint density at radius 2 is 2.12 bits per heavy atom. The average Bonchev–Trinajstić information content (AvgIpc) is 2.25. The summed E-state index contributed by atoms with van der Waals surface area (Å²) in [5.41, 5.74) is -0.798. The molecule has 0 unspecified atom stereocenters. The number of halogens is 2. The normalized spacial score (nSPS) is 10.9. The topological polar surface area (TPSA) is 101 Å². The van der Waals surface area contributed by atoms with Crippen LogP contribution >= 0.6 is 26.6 Å². The van der Waals surface area contributed by atoms with Gasteiger partial charge in [0.25, 0.3) is 14.7 Å². The van der Waals surface area contributed by atoms with Crippen LogP contribution in [-0.4, -0.2) is 13.3 Å². The minimum absolute atomic E-state index is 0.207. The molecule has 0 aromatic heterocycles. The van der Waals surface area contributed by atoms with Gasteiger partial charge in [0.2, 0.25) is 0 Å². The number of nitro benzene ring substituents is 1. The van der Waals surface area contributed by atoms with Crippen LogP contribution in [0, 0.1) is 21.4 Å². The molecule has 0 saturated carbocycles. The van der Waals surface area contributed by atoms with E-state index in [4.69, 9.17) is 15.9 Å². The molecule has 0 radical (unpaired) electrons. The van der Waals surface area contributed by atoms with E-state index in [1.54, 1.807) is 0 Å². The number of rotatable bonds is 3. The molecule has 0 fully saturated rings. The fraction of sp³-hybridized carbons (Fsp3) is 0.125. The molecule has 90 valence electrons. The van der Waals surface area contributed by atoms with E-state index in [0.29, 0.717) is 5.56 Å². The largest absolute Gasteiger partial charge is 0.288 e. The molecule has 0 aliphatic heterocycles. The summed E-state index contributed by atoms with van der Waals surface area (Å²) in [6, 6.07) is 3.73. The molecule has 0 amide bonds. The van der Waals surface area contributed by atoms with Crippen LogP contribution in [0.2, 0.25) is 0 Å². The number of nitriles is 1. The lowest BCUT2D eigenvalue weighted by Crippen LogP contribution is -2.02. The number of benzene rings is 1. The van der Waals surface area contributed by atoms with Gasteiger partial charge in [0.15, 0.2) is 0 Å². The molecule has 1 aromatic rings. The first-order chi connectivity index (χ1) is 7.81. The lowest BCUT2D eigenvalue weighted by Gasteiger charge is -2.03. The first kappa shape index (κ1) is 13.9. The van der Waals surface area contributed by atoms with E-state index >= 15 is 0 Å². The van der Waals surface area contributed by atoms with Gasteiger partial charge in [0.05, 0.1) is 4.92 Å². The second-order valence-corrected chi connectivity index (χ2v) is 6.02. The van der Waals surface area contributed by atoms with Crippen molar-refractivity contribution in [2.45, 2.75) is 10.2 Å². The second kappa shape index (κ2) is 5.00. The SMILES string of the molecule is N#Cc1c([N+](=O)[O-])cc(CBr)cc1S(=O)(=O)Cl. The molecule has 0 saturated heterocycles. The highest BCUT2D eigenvalue weighted by atomic mass is 79.9. The van der Waals surface area contributed by atoms with Gasteiger partial charge in [-0.2, -0.15) is 5.26 Å². The van der Waals surface area contributed by atoms with Crippen LogP contribution < -0.4 is 0 Å². The summed E-state index contributed by atoms with van der Waals surface area (Å²) >= 11 is 3.04. The third-order valence-corrected chi connectivity index (χ3v) is 3.86. The predicted octanol–water partition coefficient (Wildman–Crippen LogP) is 2.29. The van der Waals surface area contributed by atoms with Crippen molar-refractivity contribution in [2.24, 2.45) is 0 Å². The molecular weight excluding hydrogens is 336 g/mol. The maximum Gasteiger partial charge on any atom is 0.288 e. The smallest absolute Gasteiger partial charge is 0.258 e. The van der Waals surface area contributed by atoms with Crippen LogP contribution in [0.15, 0.2) is 17.0 Å².